The first kappa shape index (κ1) is 22.3. The molecular weight excluding hydrogens is 452 g/mol. The molecule has 2 aliphatic rings. The molecule has 0 saturated carbocycles. The molecule has 8 nitrogen and oxygen atoms in total. The molecule has 1 aromatic heterocycles. The van der Waals surface area contributed by atoms with Gasteiger partial charge in [0.05, 0.1) is 21.3 Å². The second-order valence-electron chi connectivity index (χ2n) is 8.09. The van der Waals surface area contributed by atoms with Crippen LogP contribution in [0.15, 0.2) is 58.9 Å². The van der Waals surface area contributed by atoms with E-state index in [2.05, 4.69) is 17.4 Å². The number of nitrogens with zero attached hydrogens (tertiary/aromatic N) is 3. The SMILES string of the molecule is COc1cc(C2C3=C(CCCC3=O)Nc3nc(SCc4ccccc4)nn32)cc(OC)c1OC. The molecule has 2 heterocycles. The number of methoxy groups -OCH3 is 3. The first-order valence-electron chi connectivity index (χ1n) is 11.1. The average molecular weight is 479 g/mol. The number of nitrogens with one attached hydrogen (secondary N) is 1. The first-order valence-corrected chi connectivity index (χ1v) is 12.1. The zero-order valence-electron chi connectivity index (χ0n) is 19.3. The molecule has 9 heteroatoms. The maximum Gasteiger partial charge on any atom is 0.227 e. The van der Waals surface area contributed by atoms with E-state index in [0.717, 1.165) is 35.4 Å². The lowest BCUT2D eigenvalue weighted by Gasteiger charge is -2.32. The van der Waals surface area contributed by atoms with Crippen molar-refractivity contribution in [1.29, 1.82) is 0 Å². The number of thioether (sulfide) groups is 1. The number of allylic oxidation sites excluding steroid dienone is 2. The highest BCUT2D eigenvalue weighted by Crippen LogP contribution is 2.45. The fraction of sp³-hybridized carbons (Fsp3) is 0.320. The van der Waals surface area contributed by atoms with Gasteiger partial charge in [0, 0.05) is 23.4 Å². The molecular formula is C25H26N4O4S. The van der Waals surface area contributed by atoms with E-state index in [1.54, 1.807) is 37.8 Å². The van der Waals surface area contributed by atoms with Crippen LogP contribution in [-0.2, 0) is 10.5 Å². The van der Waals surface area contributed by atoms with Crippen LogP contribution in [0, 0.1) is 0 Å². The molecule has 0 spiro atoms. The molecule has 3 aromatic rings. The van der Waals surface area contributed by atoms with Crippen molar-refractivity contribution in [2.24, 2.45) is 0 Å². The van der Waals surface area contributed by atoms with E-state index >= 15 is 0 Å². The maximum absolute atomic E-state index is 13.1. The van der Waals surface area contributed by atoms with Crippen LogP contribution in [0.2, 0.25) is 0 Å². The van der Waals surface area contributed by atoms with Crippen molar-refractivity contribution in [2.75, 3.05) is 26.6 Å². The molecule has 0 amide bonds. The summed E-state index contributed by atoms with van der Waals surface area (Å²) in [6.07, 6.45) is 2.12. The van der Waals surface area contributed by atoms with E-state index in [1.165, 1.54) is 5.56 Å². The standard InChI is InChI=1S/C25H26N4O4S/c1-31-19-12-16(13-20(32-2)23(19)33-3)22-21-17(10-7-11-18(21)30)26-24-27-25(28-29(22)24)34-14-15-8-5-4-6-9-15/h4-6,8-9,12-13,22H,7,10-11,14H2,1-3H3,(H,26,27,28). The number of benzene rings is 2. The summed E-state index contributed by atoms with van der Waals surface area (Å²) in [6, 6.07) is 13.5. The normalized spacial score (nSPS) is 17.0. The fourth-order valence-corrected chi connectivity index (χ4v) is 5.27. The van der Waals surface area contributed by atoms with Crippen molar-refractivity contribution >= 4 is 23.5 Å². The Hall–Kier alpha value is -3.46. The third kappa shape index (κ3) is 4.00. The van der Waals surface area contributed by atoms with E-state index in [-0.39, 0.29) is 5.78 Å². The highest BCUT2D eigenvalue weighted by molar-refractivity contribution is 7.98. The van der Waals surface area contributed by atoms with Gasteiger partial charge in [0.1, 0.15) is 6.04 Å². The van der Waals surface area contributed by atoms with Crippen LogP contribution in [0.4, 0.5) is 5.95 Å². The Morgan fingerprint density at radius 2 is 1.79 bits per heavy atom. The zero-order chi connectivity index (χ0) is 23.7. The third-order valence-corrected chi connectivity index (χ3v) is 6.97. The zero-order valence-corrected chi connectivity index (χ0v) is 20.1. The van der Waals surface area contributed by atoms with Gasteiger partial charge in [0.2, 0.25) is 16.9 Å². The van der Waals surface area contributed by atoms with Crippen LogP contribution >= 0.6 is 11.8 Å². The third-order valence-electron chi connectivity index (χ3n) is 6.06. The van der Waals surface area contributed by atoms with E-state index < -0.39 is 6.04 Å². The summed E-state index contributed by atoms with van der Waals surface area (Å²) in [5.41, 5.74) is 3.65. The van der Waals surface area contributed by atoms with Gasteiger partial charge in [-0.05, 0) is 36.1 Å². The van der Waals surface area contributed by atoms with Gasteiger partial charge in [-0.1, -0.05) is 42.1 Å². The Balaban J connectivity index is 1.58. The number of ether oxygens (including phenoxy) is 3. The number of carbonyl (C=O) groups excluding carboxylic acids is 1. The van der Waals surface area contributed by atoms with Crippen LogP contribution < -0.4 is 19.5 Å². The average Bonchev–Trinajstić information content (AvgIpc) is 3.28. The second kappa shape index (κ2) is 9.42. The minimum atomic E-state index is -0.439. The van der Waals surface area contributed by atoms with Gasteiger partial charge in [0.15, 0.2) is 17.3 Å². The number of Topliss-reactive ketones (excluding diaryl/α,β-unsaturated/α-hetero) is 1. The number of hydrogen-bond donors (Lipinski definition) is 1. The molecule has 0 radical (unpaired) electrons. The molecule has 0 saturated heterocycles. The smallest absolute Gasteiger partial charge is 0.227 e. The van der Waals surface area contributed by atoms with E-state index in [0.29, 0.717) is 34.8 Å². The number of aromatic nitrogens is 3. The van der Waals surface area contributed by atoms with Gasteiger partial charge in [0.25, 0.3) is 0 Å². The van der Waals surface area contributed by atoms with Crippen LogP contribution in [0.3, 0.4) is 0 Å². The summed E-state index contributed by atoms with van der Waals surface area (Å²) in [6.45, 7) is 0. The van der Waals surface area contributed by atoms with Gasteiger partial charge < -0.3 is 19.5 Å². The molecule has 0 bridgehead atoms. The lowest BCUT2D eigenvalue weighted by atomic mass is 9.85. The largest absolute Gasteiger partial charge is 0.493 e. The second-order valence-corrected chi connectivity index (χ2v) is 9.03. The summed E-state index contributed by atoms with van der Waals surface area (Å²) < 4.78 is 18.5. The summed E-state index contributed by atoms with van der Waals surface area (Å²) in [5.74, 6) is 3.06. The topological polar surface area (TPSA) is 87.5 Å². The Morgan fingerprint density at radius 1 is 1.06 bits per heavy atom. The van der Waals surface area contributed by atoms with Crippen molar-refractivity contribution in [3.63, 3.8) is 0 Å². The van der Waals surface area contributed by atoms with Crippen molar-refractivity contribution in [1.82, 2.24) is 14.8 Å². The monoisotopic (exact) mass is 478 g/mol. The van der Waals surface area contributed by atoms with Gasteiger partial charge in [-0.2, -0.15) is 4.98 Å². The van der Waals surface area contributed by atoms with Crippen molar-refractivity contribution < 1.29 is 19.0 Å². The molecule has 1 aliphatic carbocycles. The maximum atomic E-state index is 13.1. The lowest BCUT2D eigenvalue weighted by molar-refractivity contribution is -0.116. The van der Waals surface area contributed by atoms with E-state index in [1.807, 2.05) is 30.3 Å². The Kier molecular flexibility index (Phi) is 6.19. The quantitative estimate of drug-likeness (QED) is 0.493. The highest BCUT2D eigenvalue weighted by atomic mass is 32.2. The van der Waals surface area contributed by atoms with Crippen LogP contribution in [0.25, 0.3) is 0 Å². The summed E-state index contributed by atoms with van der Waals surface area (Å²) >= 11 is 1.56. The number of ketones is 1. The Morgan fingerprint density at radius 3 is 2.47 bits per heavy atom. The highest BCUT2D eigenvalue weighted by Gasteiger charge is 2.37. The van der Waals surface area contributed by atoms with Crippen molar-refractivity contribution in [2.45, 2.75) is 36.2 Å². The number of hydrogen-bond acceptors (Lipinski definition) is 8. The fourth-order valence-electron chi connectivity index (χ4n) is 4.49. The van der Waals surface area contributed by atoms with Gasteiger partial charge >= 0.3 is 0 Å². The summed E-state index contributed by atoms with van der Waals surface area (Å²) in [5, 5.41) is 8.83. The van der Waals surface area contributed by atoms with Crippen LogP contribution in [0.1, 0.15) is 36.4 Å². The number of anilines is 1. The van der Waals surface area contributed by atoms with Gasteiger partial charge in [-0.3, -0.25) is 4.79 Å². The molecule has 1 unspecified atom stereocenters. The van der Waals surface area contributed by atoms with Crippen molar-refractivity contribution in [3.05, 3.63) is 64.9 Å². The predicted octanol–water partition coefficient (Wildman–Crippen LogP) is 4.62. The Labute approximate surface area is 202 Å². The predicted molar refractivity (Wildman–Crippen MR) is 130 cm³/mol. The van der Waals surface area contributed by atoms with Crippen molar-refractivity contribution in [3.8, 4) is 17.2 Å². The summed E-state index contributed by atoms with van der Waals surface area (Å²) in [7, 11) is 4.74. The van der Waals surface area contributed by atoms with Gasteiger partial charge in [-0.15, -0.1) is 5.10 Å². The number of rotatable bonds is 7. The molecule has 1 N–H and O–H groups in total. The summed E-state index contributed by atoms with van der Waals surface area (Å²) in [4.78, 5) is 17.9. The molecule has 0 fully saturated rings. The molecule has 1 atom stereocenters. The van der Waals surface area contributed by atoms with E-state index in [9.17, 15) is 4.79 Å². The van der Waals surface area contributed by atoms with Crippen LogP contribution in [0.5, 0.6) is 17.2 Å². The molecule has 34 heavy (non-hydrogen) atoms. The number of fused-ring (bicyclic) bond motifs is 1. The molecule has 176 valence electrons. The molecule has 2 aromatic carbocycles. The van der Waals surface area contributed by atoms with Gasteiger partial charge in [-0.25, -0.2) is 4.68 Å². The molecule has 1 aliphatic heterocycles. The van der Waals surface area contributed by atoms with E-state index in [4.69, 9.17) is 24.3 Å². The van der Waals surface area contributed by atoms with Crippen LogP contribution in [-0.4, -0.2) is 41.9 Å². The number of carbonyl (C=O) groups is 1. The minimum Gasteiger partial charge on any atom is -0.493 e. The lowest BCUT2D eigenvalue weighted by Crippen LogP contribution is -2.31. The first-order chi connectivity index (χ1) is 16.6. The molecule has 5 rings (SSSR count). The Bertz CT molecular complexity index is 1230. The minimum absolute atomic E-state index is 0.118.